The van der Waals surface area contributed by atoms with Gasteiger partial charge < -0.3 is 4.90 Å². The largest absolute Gasteiger partial charge is 0.334 e. The Kier molecular flexibility index (Phi) is 3.74. The molecule has 1 aliphatic rings. The second kappa shape index (κ2) is 6.05. The Hall–Kier alpha value is -2.73. The van der Waals surface area contributed by atoms with Gasteiger partial charge in [-0.15, -0.1) is 11.3 Å². The van der Waals surface area contributed by atoms with E-state index in [2.05, 4.69) is 4.98 Å². The monoisotopic (exact) mass is 337 g/mol. The molecular weight excluding hydrogens is 322 g/mol. The number of amides is 1. The topological polar surface area (TPSA) is 54.7 Å². The molecule has 0 saturated heterocycles. The number of thiophene rings is 1. The lowest BCUT2D eigenvalue weighted by molar-refractivity contribution is -0.126. The van der Waals surface area contributed by atoms with Crippen LogP contribution in [-0.4, -0.2) is 26.7 Å². The Balaban J connectivity index is 1.62. The van der Waals surface area contributed by atoms with Gasteiger partial charge in [0, 0.05) is 30.1 Å². The summed E-state index contributed by atoms with van der Waals surface area (Å²) in [5, 5.41) is 1.97. The first kappa shape index (κ1) is 14.8. The molecule has 3 aromatic rings. The van der Waals surface area contributed by atoms with Crippen molar-refractivity contribution < 1.29 is 4.79 Å². The van der Waals surface area contributed by atoms with Crippen molar-refractivity contribution >= 4 is 29.0 Å². The molecule has 120 valence electrons. The predicted molar refractivity (Wildman–Crippen MR) is 93.9 cm³/mol. The molecule has 6 heteroatoms. The van der Waals surface area contributed by atoms with E-state index in [-0.39, 0.29) is 11.5 Å². The molecule has 0 atom stereocenters. The van der Waals surface area contributed by atoms with Gasteiger partial charge in [0.1, 0.15) is 5.65 Å². The van der Waals surface area contributed by atoms with Gasteiger partial charge in [0.25, 0.3) is 5.56 Å². The summed E-state index contributed by atoms with van der Waals surface area (Å²) < 4.78 is 1.54. The normalized spacial score (nSPS) is 14.2. The predicted octanol–water partition coefficient (Wildman–Crippen LogP) is 2.35. The molecule has 0 aliphatic carbocycles. The van der Waals surface area contributed by atoms with Gasteiger partial charge in [0.2, 0.25) is 5.91 Å². The summed E-state index contributed by atoms with van der Waals surface area (Å²) in [4.78, 5) is 32.3. The van der Waals surface area contributed by atoms with Gasteiger partial charge in [0.05, 0.1) is 17.8 Å². The number of pyridine rings is 1. The second-order valence-corrected chi connectivity index (χ2v) is 6.61. The molecular formula is C18H15N3O2S. The smallest absolute Gasteiger partial charge is 0.263 e. The average molecular weight is 337 g/mol. The minimum Gasteiger partial charge on any atom is -0.334 e. The van der Waals surface area contributed by atoms with Gasteiger partial charge in [-0.1, -0.05) is 12.1 Å². The fourth-order valence-electron chi connectivity index (χ4n) is 2.88. The van der Waals surface area contributed by atoms with Gasteiger partial charge in [-0.05, 0) is 29.7 Å². The van der Waals surface area contributed by atoms with Crippen LogP contribution in [0.25, 0.3) is 11.7 Å². The first-order valence-electron chi connectivity index (χ1n) is 7.72. The van der Waals surface area contributed by atoms with E-state index in [0.717, 1.165) is 10.6 Å². The summed E-state index contributed by atoms with van der Waals surface area (Å²) in [5.74, 6) is -0.0772. The van der Waals surface area contributed by atoms with Crippen molar-refractivity contribution in [3.05, 3.63) is 74.5 Å². The number of carbonyl (C=O) groups is 1. The van der Waals surface area contributed by atoms with Crippen LogP contribution in [-0.2, 0) is 17.8 Å². The molecule has 0 radical (unpaired) electrons. The molecule has 5 nitrogen and oxygen atoms in total. The second-order valence-electron chi connectivity index (χ2n) is 5.63. The van der Waals surface area contributed by atoms with E-state index >= 15 is 0 Å². The molecule has 4 heterocycles. The Bertz CT molecular complexity index is 989. The molecule has 1 amide bonds. The van der Waals surface area contributed by atoms with Crippen molar-refractivity contribution in [3.8, 4) is 0 Å². The summed E-state index contributed by atoms with van der Waals surface area (Å²) in [6.45, 7) is 0.892. The van der Waals surface area contributed by atoms with E-state index in [4.69, 9.17) is 0 Å². The third kappa shape index (κ3) is 2.65. The maximum absolute atomic E-state index is 12.7. The van der Waals surface area contributed by atoms with Crippen molar-refractivity contribution in [2.75, 3.05) is 6.54 Å². The van der Waals surface area contributed by atoms with Gasteiger partial charge in [0.15, 0.2) is 0 Å². The van der Waals surface area contributed by atoms with Crippen LogP contribution in [0, 0.1) is 0 Å². The number of rotatable bonds is 2. The first-order valence-corrected chi connectivity index (χ1v) is 8.60. The van der Waals surface area contributed by atoms with E-state index < -0.39 is 0 Å². The van der Waals surface area contributed by atoms with Crippen molar-refractivity contribution in [2.45, 2.75) is 13.0 Å². The maximum Gasteiger partial charge on any atom is 0.263 e. The lowest BCUT2D eigenvalue weighted by Crippen LogP contribution is -2.39. The molecule has 0 aromatic carbocycles. The lowest BCUT2D eigenvalue weighted by Gasteiger charge is -2.27. The highest BCUT2D eigenvalue weighted by Crippen LogP contribution is 2.16. The molecule has 3 aromatic heterocycles. The van der Waals surface area contributed by atoms with Crippen LogP contribution in [0.5, 0.6) is 0 Å². The minimum atomic E-state index is -0.0877. The molecule has 0 spiro atoms. The number of fused-ring (bicyclic) bond motifs is 2. The van der Waals surface area contributed by atoms with E-state index in [0.29, 0.717) is 30.7 Å². The number of hydrogen-bond donors (Lipinski definition) is 0. The molecule has 1 aliphatic heterocycles. The zero-order valence-electron chi connectivity index (χ0n) is 12.9. The number of carbonyl (C=O) groups excluding carboxylic acids is 1. The van der Waals surface area contributed by atoms with Crippen molar-refractivity contribution in [3.63, 3.8) is 0 Å². The lowest BCUT2D eigenvalue weighted by atomic mass is 10.1. The van der Waals surface area contributed by atoms with Crippen LogP contribution in [0.3, 0.4) is 0 Å². The Morgan fingerprint density at radius 3 is 3.00 bits per heavy atom. The molecule has 4 rings (SSSR count). The molecule has 0 bridgehead atoms. The highest BCUT2D eigenvalue weighted by molar-refractivity contribution is 7.10. The highest BCUT2D eigenvalue weighted by atomic mass is 32.1. The van der Waals surface area contributed by atoms with Crippen LogP contribution in [0.4, 0.5) is 0 Å². The molecule has 0 N–H and O–H groups in total. The zero-order valence-corrected chi connectivity index (χ0v) is 13.7. The van der Waals surface area contributed by atoms with Crippen LogP contribution in [0.2, 0.25) is 0 Å². The summed E-state index contributed by atoms with van der Waals surface area (Å²) in [5.41, 5.74) is 1.98. The standard InChI is InChI=1S/C18H15N3O2S/c22-17(7-6-13-4-3-11-24-13)20-10-8-15-14(12-20)18(23)21-9-2-1-5-16(21)19-15/h1-7,9,11H,8,10,12H2/b7-6+. The third-order valence-electron chi connectivity index (χ3n) is 4.13. The van der Waals surface area contributed by atoms with Crippen LogP contribution < -0.4 is 5.56 Å². The van der Waals surface area contributed by atoms with Crippen LogP contribution in [0.15, 0.2) is 52.8 Å². The Labute approximate surface area is 142 Å². The van der Waals surface area contributed by atoms with Crippen molar-refractivity contribution in [1.82, 2.24) is 14.3 Å². The zero-order chi connectivity index (χ0) is 16.5. The quantitative estimate of drug-likeness (QED) is 0.675. The molecule has 0 fully saturated rings. The third-order valence-corrected chi connectivity index (χ3v) is 4.96. The van der Waals surface area contributed by atoms with Crippen molar-refractivity contribution in [2.24, 2.45) is 0 Å². The van der Waals surface area contributed by atoms with Gasteiger partial charge in [-0.3, -0.25) is 14.0 Å². The Morgan fingerprint density at radius 2 is 2.17 bits per heavy atom. The van der Waals surface area contributed by atoms with Crippen LogP contribution >= 0.6 is 11.3 Å². The number of hydrogen-bond acceptors (Lipinski definition) is 4. The highest BCUT2D eigenvalue weighted by Gasteiger charge is 2.23. The van der Waals surface area contributed by atoms with Gasteiger partial charge >= 0.3 is 0 Å². The first-order chi connectivity index (χ1) is 11.7. The molecule has 24 heavy (non-hydrogen) atoms. The number of nitrogens with zero attached hydrogens (tertiary/aromatic N) is 3. The van der Waals surface area contributed by atoms with Crippen LogP contribution in [0.1, 0.15) is 16.1 Å². The number of aromatic nitrogens is 2. The summed E-state index contributed by atoms with van der Waals surface area (Å²) in [7, 11) is 0. The van der Waals surface area contributed by atoms with Gasteiger partial charge in [-0.25, -0.2) is 4.98 Å². The fourth-order valence-corrected chi connectivity index (χ4v) is 3.50. The summed E-state index contributed by atoms with van der Waals surface area (Å²) in [6, 6.07) is 9.40. The molecule has 0 unspecified atom stereocenters. The summed E-state index contributed by atoms with van der Waals surface area (Å²) in [6.07, 6.45) is 5.70. The van der Waals surface area contributed by atoms with E-state index in [9.17, 15) is 9.59 Å². The minimum absolute atomic E-state index is 0.0772. The van der Waals surface area contributed by atoms with Crippen molar-refractivity contribution in [1.29, 1.82) is 0 Å². The maximum atomic E-state index is 12.7. The van der Waals surface area contributed by atoms with E-state index in [1.165, 1.54) is 4.40 Å². The van der Waals surface area contributed by atoms with E-state index in [1.54, 1.807) is 34.6 Å². The van der Waals surface area contributed by atoms with E-state index in [1.807, 2.05) is 35.7 Å². The average Bonchev–Trinajstić information content (AvgIpc) is 3.13. The Morgan fingerprint density at radius 1 is 1.25 bits per heavy atom. The fraction of sp³-hybridized carbons (Fsp3) is 0.167. The SMILES string of the molecule is O=C(/C=C/c1cccs1)N1CCc2nc3ccccn3c(=O)c2C1. The summed E-state index contributed by atoms with van der Waals surface area (Å²) >= 11 is 1.58. The van der Waals surface area contributed by atoms with Gasteiger partial charge in [-0.2, -0.15) is 0 Å². The molecule has 0 saturated carbocycles.